The van der Waals surface area contributed by atoms with E-state index in [1.54, 1.807) is 19.9 Å². The SMILES string of the molecule is CC(=O)O[C@H]1[C@H](O[C@H]2[C@H](O)[C@@H](O)[C@]3(C)[C@H]4CC[C@@H]5[C@@H]([C@](C)(O)C/C=C/C(C)(C)O)CC[C@@]5(C)[C@]4(C)CC[C@H]3C2(C)C)O[C@H](CO)[C@@H](O)[C@@H]1O. The molecule has 16 atom stereocenters. The molecule has 0 amide bonds. The van der Waals surface area contributed by atoms with E-state index < -0.39 is 83.6 Å². The van der Waals surface area contributed by atoms with Crippen LogP contribution in [0.4, 0.5) is 0 Å². The lowest BCUT2D eigenvalue weighted by atomic mass is 9.34. The van der Waals surface area contributed by atoms with Gasteiger partial charge in [-0.05, 0) is 106 Å². The predicted molar refractivity (Wildman–Crippen MR) is 181 cm³/mol. The fourth-order valence-electron chi connectivity index (χ4n) is 12.2. The minimum absolute atomic E-state index is 0.0752. The second-order valence-corrected chi connectivity index (χ2v) is 18.4. The molecule has 5 aliphatic rings. The lowest BCUT2D eigenvalue weighted by Gasteiger charge is -2.71. The van der Waals surface area contributed by atoms with E-state index in [0.717, 1.165) is 38.5 Å². The van der Waals surface area contributed by atoms with E-state index in [0.29, 0.717) is 6.42 Å². The van der Waals surface area contributed by atoms with Gasteiger partial charge < -0.3 is 50.0 Å². The second kappa shape index (κ2) is 13.1. The summed E-state index contributed by atoms with van der Waals surface area (Å²) in [5.74, 6) is -0.325. The van der Waals surface area contributed by atoms with Crippen molar-refractivity contribution in [2.75, 3.05) is 6.61 Å². The monoisotopic (exact) mass is 696 g/mol. The van der Waals surface area contributed by atoms with Gasteiger partial charge in [-0.1, -0.05) is 46.8 Å². The lowest BCUT2D eigenvalue weighted by Crippen LogP contribution is -2.73. The Morgan fingerprint density at radius 3 is 2.10 bits per heavy atom. The molecule has 11 nitrogen and oxygen atoms in total. The van der Waals surface area contributed by atoms with E-state index in [4.69, 9.17) is 14.2 Å². The van der Waals surface area contributed by atoms with E-state index >= 15 is 0 Å². The molecule has 1 heterocycles. The van der Waals surface area contributed by atoms with Crippen LogP contribution in [0.2, 0.25) is 0 Å². The van der Waals surface area contributed by atoms with E-state index in [2.05, 4.69) is 20.8 Å². The normalized spacial score (nSPS) is 49.5. The first kappa shape index (κ1) is 39.1. The van der Waals surface area contributed by atoms with Crippen molar-refractivity contribution >= 4 is 5.97 Å². The molecular weight excluding hydrogens is 632 g/mol. The average molecular weight is 697 g/mol. The molecule has 0 bridgehead atoms. The fourth-order valence-corrected chi connectivity index (χ4v) is 12.2. The van der Waals surface area contributed by atoms with Crippen LogP contribution in [0.15, 0.2) is 12.2 Å². The number of hydrogen-bond acceptors (Lipinski definition) is 11. The van der Waals surface area contributed by atoms with Gasteiger partial charge in [-0.15, -0.1) is 0 Å². The summed E-state index contributed by atoms with van der Waals surface area (Å²) < 4.78 is 17.6. The van der Waals surface area contributed by atoms with Crippen LogP contribution in [0.25, 0.3) is 0 Å². The first-order valence-corrected chi connectivity index (χ1v) is 18.4. The highest BCUT2D eigenvalue weighted by Gasteiger charge is 2.73. The average Bonchev–Trinajstić information content (AvgIpc) is 3.36. The summed E-state index contributed by atoms with van der Waals surface area (Å²) in [6, 6.07) is 0. The second-order valence-electron chi connectivity index (χ2n) is 18.4. The van der Waals surface area contributed by atoms with Gasteiger partial charge in [0.25, 0.3) is 0 Å². The number of rotatable bonds is 8. The Labute approximate surface area is 292 Å². The number of aliphatic hydroxyl groups excluding tert-OH is 5. The van der Waals surface area contributed by atoms with Gasteiger partial charge in [-0.3, -0.25) is 4.79 Å². The highest BCUT2D eigenvalue weighted by molar-refractivity contribution is 5.66. The number of fused-ring (bicyclic) bond motifs is 5. The fraction of sp³-hybridized carbons (Fsp3) is 0.921. The molecule has 4 saturated carbocycles. The van der Waals surface area contributed by atoms with Crippen molar-refractivity contribution in [1.29, 1.82) is 0 Å². The Morgan fingerprint density at radius 1 is 0.878 bits per heavy atom. The van der Waals surface area contributed by atoms with Crippen molar-refractivity contribution < 1.29 is 54.8 Å². The molecule has 0 unspecified atom stereocenters. The number of esters is 1. The molecule has 0 spiro atoms. The van der Waals surface area contributed by atoms with Crippen LogP contribution in [-0.4, -0.2) is 109 Å². The lowest BCUT2D eigenvalue weighted by molar-refractivity contribution is -0.355. The summed E-state index contributed by atoms with van der Waals surface area (Å²) in [6.45, 7) is 16.8. The van der Waals surface area contributed by atoms with Crippen LogP contribution in [0.5, 0.6) is 0 Å². The van der Waals surface area contributed by atoms with E-state index in [1.165, 1.54) is 6.92 Å². The van der Waals surface area contributed by atoms with Crippen LogP contribution in [0, 0.1) is 45.3 Å². The van der Waals surface area contributed by atoms with Gasteiger partial charge in [-0.2, -0.15) is 0 Å². The molecule has 7 N–H and O–H groups in total. The third kappa shape index (κ3) is 6.24. The maximum Gasteiger partial charge on any atom is 0.303 e. The van der Waals surface area contributed by atoms with Gasteiger partial charge >= 0.3 is 5.97 Å². The van der Waals surface area contributed by atoms with Crippen molar-refractivity contribution in [2.24, 2.45) is 45.3 Å². The Bertz CT molecular complexity index is 1240. The van der Waals surface area contributed by atoms with Crippen molar-refractivity contribution in [3.63, 3.8) is 0 Å². The van der Waals surface area contributed by atoms with Crippen LogP contribution >= 0.6 is 0 Å². The van der Waals surface area contributed by atoms with E-state index in [1.807, 2.05) is 26.8 Å². The Kier molecular flexibility index (Phi) is 10.4. The highest BCUT2D eigenvalue weighted by atomic mass is 16.7. The first-order chi connectivity index (χ1) is 22.5. The Morgan fingerprint density at radius 2 is 1.51 bits per heavy atom. The maximum atomic E-state index is 12.2. The number of carbonyl (C=O) groups is 1. The molecule has 282 valence electrons. The molecule has 0 aromatic heterocycles. The molecule has 0 aromatic rings. The van der Waals surface area contributed by atoms with Gasteiger partial charge in [0.1, 0.15) is 24.4 Å². The molecule has 5 rings (SSSR count). The smallest absolute Gasteiger partial charge is 0.303 e. The zero-order valence-electron chi connectivity index (χ0n) is 31.0. The third-order valence-electron chi connectivity index (χ3n) is 14.7. The zero-order chi connectivity index (χ0) is 36.7. The largest absolute Gasteiger partial charge is 0.454 e. The summed E-state index contributed by atoms with van der Waals surface area (Å²) >= 11 is 0. The van der Waals surface area contributed by atoms with Gasteiger partial charge in [0.15, 0.2) is 12.4 Å². The number of aliphatic hydroxyl groups is 7. The summed E-state index contributed by atoms with van der Waals surface area (Å²) in [6.07, 6.45) is -1.21. The molecule has 11 heteroatoms. The maximum absolute atomic E-state index is 12.2. The summed E-state index contributed by atoms with van der Waals surface area (Å²) in [7, 11) is 0. The highest BCUT2D eigenvalue weighted by Crippen LogP contribution is 2.76. The number of ether oxygens (including phenoxy) is 3. The van der Waals surface area contributed by atoms with Gasteiger partial charge in [0, 0.05) is 12.3 Å². The predicted octanol–water partition coefficient (Wildman–Crippen LogP) is 2.84. The zero-order valence-corrected chi connectivity index (χ0v) is 31.0. The third-order valence-corrected chi connectivity index (χ3v) is 14.7. The molecule has 4 aliphatic carbocycles. The number of carbonyl (C=O) groups excluding carboxylic acids is 1. The van der Waals surface area contributed by atoms with Gasteiger partial charge in [0.2, 0.25) is 0 Å². The Balaban J connectivity index is 1.42. The quantitative estimate of drug-likeness (QED) is 0.112. The molecule has 49 heavy (non-hydrogen) atoms. The van der Waals surface area contributed by atoms with Crippen molar-refractivity contribution in [3.05, 3.63) is 12.2 Å². The van der Waals surface area contributed by atoms with Crippen LogP contribution in [0.1, 0.15) is 107 Å². The van der Waals surface area contributed by atoms with Crippen LogP contribution in [0.3, 0.4) is 0 Å². The van der Waals surface area contributed by atoms with Crippen molar-refractivity contribution in [3.8, 4) is 0 Å². The van der Waals surface area contributed by atoms with Crippen LogP contribution in [-0.2, 0) is 19.0 Å². The van der Waals surface area contributed by atoms with Crippen molar-refractivity contribution in [1.82, 2.24) is 0 Å². The van der Waals surface area contributed by atoms with Gasteiger partial charge in [0.05, 0.1) is 30.0 Å². The molecule has 0 aromatic carbocycles. The first-order valence-electron chi connectivity index (χ1n) is 18.4. The molecule has 0 radical (unpaired) electrons. The summed E-state index contributed by atoms with van der Waals surface area (Å²) in [5.41, 5.74) is -3.51. The number of hydrogen-bond donors (Lipinski definition) is 7. The van der Waals surface area contributed by atoms with Crippen LogP contribution < -0.4 is 0 Å². The molecule has 1 saturated heterocycles. The van der Waals surface area contributed by atoms with Gasteiger partial charge in [-0.25, -0.2) is 0 Å². The molecule has 5 fully saturated rings. The minimum atomic E-state index is -1.60. The van der Waals surface area contributed by atoms with E-state index in [9.17, 15) is 40.5 Å². The topological polar surface area (TPSA) is 186 Å². The molecular formula is C38H64O11. The van der Waals surface area contributed by atoms with Crippen molar-refractivity contribution in [2.45, 2.75) is 167 Å². The van der Waals surface area contributed by atoms with E-state index in [-0.39, 0.29) is 34.5 Å². The standard InChI is InChI=1S/C38H64O11/c1-20(40)47-29-27(42)26(41)23(19-39)48-32(29)49-31-28(43)30(44)38(9)24(34(31,4)5)14-18-36(7)25(38)12-11-21-22(13-17-35(21,36)6)37(8,46)16-10-15-33(2,3)45/h10,15,21-32,39,41-46H,11-14,16-19H2,1-9H3/b15-10+/t21-,22+,23-,24+,25+,26-,27+,28-,29-,30-,31+,32+,35-,36-,37-,38+/m1/s1. The molecule has 1 aliphatic heterocycles. The minimum Gasteiger partial charge on any atom is -0.454 e. The summed E-state index contributed by atoms with van der Waals surface area (Å²) in [5, 5.41) is 77.3. The summed E-state index contributed by atoms with van der Waals surface area (Å²) in [4.78, 5) is 12.0. The Hall–Kier alpha value is -1.15.